The van der Waals surface area contributed by atoms with Gasteiger partial charge in [-0.2, -0.15) is 0 Å². The van der Waals surface area contributed by atoms with Gasteiger partial charge in [0.25, 0.3) is 5.91 Å². The molecule has 0 aliphatic heterocycles. The number of ether oxygens (including phenoxy) is 1. The molecule has 0 saturated heterocycles. The maximum absolute atomic E-state index is 12.9. The smallest absolute Gasteiger partial charge is 0.349 e. The first kappa shape index (κ1) is 15.5. The summed E-state index contributed by atoms with van der Waals surface area (Å²) in [7, 11) is 0. The predicted octanol–water partition coefficient (Wildman–Crippen LogP) is 3.72. The normalized spacial score (nSPS) is 11.8. The van der Waals surface area contributed by atoms with Crippen LogP contribution < -0.4 is 5.32 Å². The highest BCUT2D eigenvalue weighted by molar-refractivity contribution is 7.11. The number of halogens is 2. The fourth-order valence-electron chi connectivity index (χ4n) is 1.49. The van der Waals surface area contributed by atoms with Crippen molar-refractivity contribution in [2.45, 2.75) is 13.0 Å². The van der Waals surface area contributed by atoms with Crippen molar-refractivity contribution in [1.82, 2.24) is 0 Å². The van der Waals surface area contributed by atoms with E-state index in [0.29, 0.717) is 4.88 Å². The van der Waals surface area contributed by atoms with Gasteiger partial charge in [-0.25, -0.2) is 9.18 Å². The lowest BCUT2D eigenvalue weighted by atomic mass is 10.3. The summed E-state index contributed by atoms with van der Waals surface area (Å²) in [6, 6.07) is 6.91. The molecule has 0 fully saturated rings. The standard InChI is InChI=1S/C14H11ClFNO3S/c1-8(20-14(19)12-3-2-6-21-12)13(18)17-11-5-4-9(16)7-10(11)15/h2-8H,1H3,(H,17,18). The van der Waals surface area contributed by atoms with Gasteiger partial charge < -0.3 is 10.1 Å². The number of nitrogens with one attached hydrogen (secondary N) is 1. The molecule has 0 radical (unpaired) electrons. The number of hydrogen-bond acceptors (Lipinski definition) is 4. The molecule has 1 N–H and O–H groups in total. The molecule has 1 unspecified atom stereocenters. The number of amides is 1. The first-order valence-corrected chi connectivity index (χ1v) is 7.23. The molecule has 110 valence electrons. The van der Waals surface area contributed by atoms with E-state index >= 15 is 0 Å². The zero-order chi connectivity index (χ0) is 15.4. The Kier molecular flexibility index (Phi) is 4.93. The summed E-state index contributed by atoms with van der Waals surface area (Å²) in [5.74, 6) is -1.62. The Hall–Kier alpha value is -1.92. The summed E-state index contributed by atoms with van der Waals surface area (Å²) < 4.78 is 17.9. The fraction of sp³-hybridized carbons (Fsp3) is 0.143. The third kappa shape index (κ3) is 4.03. The second-order valence-corrected chi connectivity index (χ2v) is 5.49. The van der Waals surface area contributed by atoms with Gasteiger partial charge in [-0.15, -0.1) is 11.3 Å². The Bertz CT molecular complexity index is 660. The third-order valence-electron chi connectivity index (χ3n) is 2.56. The third-order valence-corrected chi connectivity index (χ3v) is 3.73. The van der Waals surface area contributed by atoms with E-state index in [4.69, 9.17) is 16.3 Å². The summed E-state index contributed by atoms with van der Waals surface area (Å²) in [5, 5.41) is 4.28. The van der Waals surface area contributed by atoms with Crippen molar-refractivity contribution in [3.05, 3.63) is 51.4 Å². The van der Waals surface area contributed by atoms with Crippen molar-refractivity contribution in [3.8, 4) is 0 Å². The zero-order valence-corrected chi connectivity index (χ0v) is 12.5. The van der Waals surface area contributed by atoms with Gasteiger partial charge in [0.1, 0.15) is 10.7 Å². The number of carbonyl (C=O) groups excluding carboxylic acids is 2. The molecule has 0 saturated carbocycles. The molecule has 1 heterocycles. The van der Waals surface area contributed by atoms with Crippen molar-refractivity contribution < 1.29 is 18.7 Å². The van der Waals surface area contributed by atoms with E-state index in [1.165, 1.54) is 30.4 Å². The minimum Gasteiger partial charge on any atom is -0.448 e. The number of benzene rings is 1. The van der Waals surface area contributed by atoms with Crippen LogP contribution in [0, 0.1) is 5.82 Å². The monoisotopic (exact) mass is 327 g/mol. The summed E-state index contributed by atoms with van der Waals surface area (Å²) in [5.41, 5.74) is 0.252. The first-order chi connectivity index (χ1) is 9.97. The molecule has 2 aromatic rings. The highest BCUT2D eigenvalue weighted by atomic mass is 35.5. The average Bonchev–Trinajstić information content (AvgIpc) is 2.95. The van der Waals surface area contributed by atoms with Crippen LogP contribution in [0.1, 0.15) is 16.6 Å². The van der Waals surface area contributed by atoms with Crippen molar-refractivity contribution in [2.24, 2.45) is 0 Å². The summed E-state index contributed by atoms with van der Waals surface area (Å²) in [6.45, 7) is 1.44. The molecule has 1 atom stereocenters. The van der Waals surface area contributed by atoms with Crippen LogP contribution >= 0.6 is 22.9 Å². The van der Waals surface area contributed by atoms with E-state index in [1.54, 1.807) is 17.5 Å². The van der Waals surface area contributed by atoms with Gasteiger partial charge in [0.2, 0.25) is 0 Å². The number of carbonyl (C=O) groups is 2. The largest absolute Gasteiger partial charge is 0.448 e. The van der Waals surface area contributed by atoms with E-state index in [2.05, 4.69) is 5.32 Å². The quantitative estimate of drug-likeness (QED) is 0.871. The second kappa shape index (κ2) is 6.69. The molecular weight excluding hydrogens is 317 g/mol. The van der Waals surface area contributed by atoms with Gasteiger partial charge in [0, 0.05) is 0 Å². The molecule has 1 aromatic heterocycles. The van der Waals surface area contributed by atoms with Gasteiger partial charge in [0.05, 0.1) is 10.7 Å². The van der Waals surface area contributed by atoms with E-state index < -0.39 is 23.8 Å². The van der Waals surface area contributed by atoms with Crippen LogP contribution in [0.15, 0.2) is 35.7 Å². The van der Waals surface area contributed by atoms with Crippen LogP contribution in [0.4, 0.5) is 10.1 Å². The molecule has 0 aliphatic carbocycles. The van der Waals surface area contributed by atoms with Gasteiger partial charge >= 0.3 is 5.97 Å². The maximum atomic E-state index is 12.9. The van der Waals surface area contributed by atoms with Gasteiger partial charge in [-0.3, -0.25) is 4.79 Å². The summed E-state index contributed by atoms with van der Waals surface area (Å²) in [4.78, 5) is 24.0. The molecule has 0 aliphatic rings. The Morgan fingerprint density at radius 3 is 2.76 bits per heavy atom. The Morgan fingerprint density at radius 2 is 2.14 bits per heavy atom. The van der Waals surface area contributed by atoms with Crippen molar-refractivity contribution in [1.29, 1.82) is 0 Å². The molecule has 0 spiro atoms. The topological polar surface area (TPSA) is 55.4 Å². The van der Waals surface area contributed by atoms with Crippen molar-refractivity contribution in [2.75, 3.05) is 5.32 Å². The minimum absolute atomic E-state index is 0.0696. The molecule has 0 bridgehead atoms. The Morgan fingerprint density at radius 1 is 1.38 bits per heavy atom. The molecule has 4 nitrogen and oxygen atoms in total. The molecule has 21 heavy (non-hydrogen) atoms. The lowest BCUT2D eigenvalue weighted by Gasteiger charge is -2.13. The molecule has 7 heteroatoms. The number of hydrogen-bond donors (Lipinski definition) is 1. The highest BCUT2D eigenvalue weighted by Gasteiger charge is 2.20. The number of anilines is 1. The van der Waals surface area contributed by atoms with Crippen molar-refractivity contribution in [3.63, 3.8) is 0 Å². The van der Waals surface area contributed by atoms with E-state index in [9.17, 15) is 14.0 Å². The van der Waals surface area contributed by atoms with Crippen molar-refractivity contribution >= 4 is 40.5 Å². The van der Waals surface area contributed by atoms with Crippen LogP contribution in [0.3, 0.4) is 0 Å². The lowest BCUT2D eigenvalue weighted by molar-refractivity contribution is -0.123. The SMILES string of the molecule is CC(OC(=O)c1cccs1)C(=O)Nc1ccc(F)cc1Cl. The first-order valence-electron chi connectivity index (χ1n) is 5.98. The van der Waals surface area contributed by atoms with E-state index in [0.717, 1.165) is 6.07 Å². The van der Waals surface area contributed by atoms with Crippen LogP contribution in [0.5, 0.6) is 0 Å². The molecule has 1 amide bonds. The summed E-state index contributed by atoms with van der Waals surface area (Å²) in [6.07, 6.45) is -0.999. The van der Waals surface area contributed by atoms with Gasteiger partial charge in [0.15, 0.2) is 6.10 Å². The van der Waals surface area contributed by atoms with Crippen LogP contribution in [0.2, 0.25) is 5.02 Å². The Labute approximate surface area is 129 Å². The van der Waals surface area contributed by atoms with E-state index in [1.807, 2.05) is 0 Å². The number of thiophene rings is 1. The molecule has 1 aromatic carbocycles. The van der Waals surface area contributed by atoms with Crippen LogP contribution in [0.25, 0.3) is 0 Å². The maximum Gasteiger partial charge on any atom is 0.349 e. The highest BCUT2D eigenvalue weighted by Crippen LogP contribution is 2.22. The average molecular weight is 328 g/mol. The van der Waals surface area contributed by atoms with Crippen LogP contribution in [-0.2, 0) is 9.53 Å². The second-order valence-electron chi connectivity index (χ2n) is 4.14. The van der Waals surface area contributed by atoms with Crippen LogP contribution in [-0.4, -0.2) is 18.0 Å². The van der Waals surface area contributed by atoms with Gasteiger partial charge in [-0.1, -0.05) is 17.7 Å². The molecular formula is C14H11ClFNO3S. The van der Waals surface area contributed by atoms with Gasteiger partial charge in [-0.05, 0) is 36.6 Å². The predicted molar refractivity (Wildman–Crippen MR) is 79.2 cm³/mol. The Balaban J connectivity index is 1.98. The summed E-state index contributed by atoms with van der Waals surface area (Å²) >= 11 is 7.03. The number of esters is 1. The van der Waals surface area contributed by atoms with E-state index in [-0.39, 0.29) is 10.7 Å². The zero-order valence-electron chi connectivity index (χ0n) is 10.9. The fourth-order valence-corrected chi connectivity index (χ4v) is 2.31. The lowest BCUT2D eigenvalue weighted by Crippen LogP contribution is -2.29. The molecule has 2 rings (SSSR count). The minimum atomic E-state index is -0.999. The number of rotatable bonds is 4.